The van der Waals surface area contributed by atoms with Gasteiger partial charge in [-0.2, -0.15) is 5.10 Å². The molecule has 6 aromatic rings. The molecule has 3 aromatic carbocycles. The molecule has 5 heteroatoms. The van der Waals surface area contributed by atoms with Gasteiger partial charge in [0.15, 0.2) is 0 Å². The Hall–Kier alpha value is -4.64. The highest BCUT2D eigenvalue weighted by atomic mass is 16.5. The van der Waals surface area contributed by atoms with Crippen LogP contribution in [0.2, 0.25) is 0 Å². The minimum atomic E-state index is 0.452. The van der Waals surface area contributed by atoms with Crippen LogP contribution >= 0.6 is 0 Å². The van der Waals surface area contributed by atoms with E-state index in [-0.39, 0.29) is 0 Å². The second kappa shape index (κ2) is 14.3. The number of ether oxygens (including phenoxy) is 1. The number of allylic oxidation sites excluding steroid dienone is 2. The summed E-state index contributed by atoms with van der Waals surface area (Å²) in [7, 11) is 0. The highest BCUT2D eigenvalue weighted by molar-refractivity contribution is 6.09. The average molecular weight is 703 g/mol. The van der Waals surface area contributed by atoms with E-state index in [0.29, 0.717) is 23.7 Å². The van der Waals surface area contributed by atoms with E-state index in [2.05, 4.69) is 116 Å². The number of hydrogen-bond acceptors (Lipinski definition) is 3. The molecule has 9 rings (SSSR count). The zero-order valence-corrected chi connectivity index (χ0v) is 32.1. The van der Waals surface area contributed by atoms with Gasteiger partial charge in [0.1, 0.15) is 17.3 Å². The van der Waals surface area contributed by atoms with Crippen LogP contribution in [-0.2, 0) is 0 Å². The van der Waals surface area contributed by atoms with Crippen molar-refractivity contribution >= 4 is 21.8 Å². The third-order valence-corrected chi connectivity index (χ3v) is 12.7. The number of fused-ring (bicyclic) bond motifs is 3. The van der Waals surface area contributed by atoms with E-state index >= 15 is 0 Å². The van der Waals surface area contributed by atoms with Crippen LogP contribution in [0, 0.1) is 19.8 Å². The minimum absolute atomic E-state index is 0.452. The molecule has 0 bridgehead atoms. The molecule has 0 spiro atoms. The molecule has 3 aliphatic rings. The molecule has 0 N–H and O–H groups in total. The molecule has 3 aromatic heterocycles. The number of pyridine rings is 1. The number of nitrogens with zero attached hydrogens (tertiary/aromatic N) is 4. The van der Waals surface area contributed by atoms with E-state index in [1.54, 1.807) is 11.1 Å². The van der Waals surface area contributed by atoms with E-state index < -0.39 is 0 Å². The van der Waals surface area contributed by atoms with E-state index in [1.807, 2.05) is 6.20 Å². The molecule has 2 saturated carbocycles. The molecule has 2 atom stereocenters. The third kappa shape index (κ3) is 6.40. The predicted molar refractivity (Wildman–Crippen MR) is 218 cm³/mol. The Balaban J connectivity index is 1.17. The van der Waals surface area contributed by atoms with Crippen molar-refractivity contribution in [1.29, 1.82) is 0 Å². The topological polar surface area (TPSA) is 44.9 Å². The fraction of sp³-hybridized carbons (Fsp3) is 0.417. The molecule has 0 amide bonds. The number of para-hydroxylation sites is 1. The number of rotatable bonds is 7. The first-order valence-corrected chi connectivity index (χ1v) is 20.5. The van der Waals surface area contributed by atoms with E-state index in [4.69, 9.17) is 14.8 Å². The molecule has 1 unspecified atom stereocenters. The lowest BCUT2D eigenvalue weighted by molar-refractivity contribution is 0.406. The summed E-state index contributed by atoms with van der Waals surface area (Å²) in [5, 5.41) is 8.16. The maximum Gasteiger partial charge on any atom is 0.137 e. The molecule has 0 radical (unpaired) electrons. The van der Waals surface area contributed by atoms with E-state index in [0.717, 1.165) is 34.0 Å². The zero-order chi connectivity index (χ0) is 36.1. The van der Waals surface area contributed by atoms with Crippen molar-refractivity contribution in [2.45, 2.75) is 122 Å². The van der Waals surface area contributed by atoms with Gasteiger partial charge in [0.05, 0.1) is 28.1 Å². The van der Waals surface area contributed by atoms with Crippen LogP contribution in [0.4, 0.5) is 0 Å². The van der Waals surface area contributed by atoms with Gasteiger partial charge in [0, 0.05) is 52.4 Å². The number of aromatic nitrogens is 4. The molecular formula is C48H54N4O. The minimum Gasteiger partial charge on any atom is -0.457 e. The van der Waals surface area contributed by atoms with Crippen molar-refractivity contribution < 1.29 is 4.74 Å². The molecule has 2 fully saturated rings. The zero-order valence-electron chi connectivity index (χ0n) is 32.1. The number of benzene rings is 3. The maximum absolute atomic E-state index is 6.85. The third-order valence-electron chi connectivity index (χ3n) is 12.7. The summed E-state index contributed by atoms with van der Waals surface area (Å²) in [4.78, 5) is 4.79. The number of aryl methyl sites for hydroxylation is 2. The van der Waals surface area contributed by atoms with Gasteiger partial charge in [-0.15, -0.1) is 0 Å². The summed E-state index contributed by atoms with van der Waals surface area (Å²) in [6.45, 7) is 9.22. The Labute approximate surface area is 315 Å². The first-order valence-electron chi connectivity index (χ1n) is 20.5. The Kier molecular flexibility index (Phi) is 9.22. The van der Waals surface area contributed by atoms with Crippen molar-refractivity contribution in [3.8, 4) is 23.0 Å². The van der Waals surface area contributed by atoms with Gasteiger partial charge in [-0.3, -0.25) is 4.57 Å². The van der Waals surface area contributed by atoms with Crippen molar-refractivity contribution in [3.05, 3.63) is 119 Å². The van der Waals surface area contributed by atoms with Crippen molar-refractivity contribution in [1.82, 2.24) is 19.3 Å². The Morgan fingerprint density at radius 1 is 0.679 bits per heavy atom. The lowest BCUT2D eigenvalue weighted by Crippen LogP contribution is -2.21. The van der Waals surface area contributed by atoms with Crippen LogP contribution in [0.25, 0.3) is 33.3 Å². The van der Waals surface area contributed by atoms with Crippen LogP contribution < -0.4 is 4.74 Å². The first-order chi connectivity index (χ1) is 25.9. The smallest absolute Gasteiger partial charge is 0.137 e. The lowest BCUT2D eigenvalue weighted by Gasteiger charge is -2.33. The average Bonchev–Trinajstić information content (AvgIpc) is 3.72. The molecular weight excluding hydrogens is 649 g/mol. The SMILES string of the molecule is CC1=CCC[C@H](C)C1c1c(C2CCCCC2)nn(-c2cc(C)cc(Oc3ccc4c5ccccc5n(-c5cc(C)ccn5)c4c3)c2)c1C1CCCCC1. The fourth-order valence-electron chi connectivity index (χ4n) is 10.2. The summed E-state index contributed by atoms with van der Waals surface area (Å²) in [6, 6.07) is 26.1. The van der Waals surface area contributed by atoms with Crippen LogP contribution in [0.15, 0.2) is 90.6 Å². The van der Waals surface area contributed by atoms with Crippen LogP contribution in [0.5, 0.6) is 11.5 Å². The highest BCUT2D eigenvalue weighted by Gasteiger charge is 2.37. The standard InChI is InChI=1S/C48H54N4O/c1-31-24-25-49-44(28-31)51-42-21-12-11-20-40(42)41-23-22-38(30-43(41)51)53-39-27-32(2)26-37(29-39)52-48(36-18-9-6-10-19-36)46(45-33(3)14-13-15-34(45)4)47(50-52)35-16-7-5-8-17-35/h11-12,14,20-30,34-36,45H,5-10,13,15-19H2,1-4H3/t34-,45?/m0/s1. The highest BCUT2D eigenvalue weighted by Crippen LogP contribution is 2.49. The molecule has 272 valence electrons. The van der Waals surface area contributed by atoms with Crippen LogP contribution in [0.1, 0.15) is 137 Å². The van der Waals surface area contributed by atoms with Gasteiger partial charge in [-0.05, 0) is 119 Å². The van der Waals surface area contributed by atoms with Gasteiger partial charge in [0.25, 0.3) is 0 Å². The molecule has 53 heavy (non-hydrogen) atoms. The Bertz CT molecular complexity index is 2310. The lowest BCUT2D eigenvalue weighted by atomic mass is 9.71. The van der Waals surface area contributed by atoms with Crippen molar-refractivity contribution in [3.63, 3.8) is 0 Å². The molecule has 0 saturated heterocycles. The summed E-state index contributed by atoms with van der Waals surface area (Å²) in [5.74, 6) is 4.75. The Morgan fingerprint density at radius 3 is 2.21 bits per heavy atom. The molecule has 5 nitrogen and oxygen atoms in total. The van der Waals surface area contributed by atoms with Gasteiger partial charge in [-0.1, -0.05) is 75.3 Å². The van der Waals surface area contributed by atoms with E-state index in [1.165, 1.54) is 110 Å². The quantitative estimate of drug-likeness (QED) is 0.156. The molecule has 3 aliphatic carbocycles. The van der Waals surface area contributed by atoms with Crippen molar-refractivity contribution in [2.24, 2.45) is 5.92 Å². The second-order valence-electron chi connectivity index (χ2n) is 16.6. The summed E-state index contributed by atoms with van der Waals surface area (Å²) < 4.78 is 11.5. The largest absolute Gasteiger partial charge is 0.457 e. The Morgan fingerprint density at radius 2 is 1.43 bits per heavy atom. The maximum atomic E-state index is 6.85. The van der Waals surface area contributed by atoms with Gasteiger partial charge >= 0.3 is 0 Å². The summed E-state index contributed by atoms with van der Waals surface area (Å²) >= 11 is 0. The predicted octanol–water partition coefficient (Wildman–Crippen LogP) is 13.3. The molecule has 3 heterocycles. The monoisotopic (exact) mass is 702 g/mol. The summed E-state index contributed by atoms with van der Waals surface area (Å²) in [5.41, 5.74) is 11.8. The normalized spacial score (nSPS) is 20.3. The van der Waals surface area contributed by atoms with Gasteiger partial charge < -0.3 is 4.74 Å². The van der Waals surface area contributed by atoms with Crippen LogP contribution in [0.3, 0.4) is 0 Å². The molecule has 0 aliphatic heterocycles. The van der Waals surface area contributed by atoms with Gasteiger partial charge in [0.2, 0.25) is 0 Å². The summed E-state index contributed by atoms with van der Waals surface area (Å²) in [6.07, 6.45) is 19.9. The first kappa shape index (κ1) is 34.1. The fourth-order valence-corrected chi connectivity index (χ4v) is 10.2. The van der Waals surface area contributed by atoms with Crippen LogP contribution in [-0.4, -0.2) is 19.3 Å². The van der Waals surface area contributed by atoms with E-state index in [9.17, 15) is 0 Å². The van der Waals surface area contributed by atoms with Crippen molar-refractivity contribution in [2.75, 3.05) is 0 Å². The second-order valence-corrected chi connectivity index (χ2v) is 16.6. The number of hydrogen-bond donors (Lipinski definition) is 0. The van der Waals surface area contributed by atoms with Gasteiger partial charge in [-0.25, -0.2) is 9.67 Å².